The van der Waals surface area contributed by atoms with E-state index in [0.29, 0.717) is 23.7 Å². The normalized spacial score (nSPS) is 14.4. The lowest BCUT2D eigenvalue weighted by Gasteiger charge is -2.39. The molecule has 0 amide bonds. The number of hydrogen-bond acceptors (Lipinski definition) is 5. The summed E-state index contributed by atoms with van der Waals surface area (Å²) in [5.41, 5.74) is 21.9. The van der Waals surface area contributed by atoms with Crippen molar-refractivity contribution in [2.45, 2.75) is 64.6 Å². The lowest BCUT2D eigenvalue weighted by molar-refractivity contribution is 0.436. The first-order valence-electron chi connectivity index (χ1n) is 31.9. The van der Waals surface area contributed by atoms with E-state index in [9.17, 15) is 0 Å². The molecule has 6 nitrogen and oxygen atoms in total. The summed E-state index contributed by atoms with van der Waals surface area (Å²) >= 11 is 0. The van der Waals surface area contributed by atoms with Crippen molar-refractivity contribution in [1.82, 2.24) is 9.55 Å². The second-order valence-electron chi connectivity index (χ2n) is 25.8. The first-order chi connectivity index (χ1) is 44.0. The predicted octanol–water partition coefficient (Wildman–Crippen LogP) is 21.6. The molecule has 88 heavy (non-hydrogen) atoms. The molecule has 6 heteroatoms. The molecule has 0 N–H and O–H groups in total. The van der Waals surface area contributed by atoms with Crippen LogP contribution in [0.15, 0.2) is 261 Å². The molecular formula is C82H66N4O2. The van der Waals surface area contributed by atoms with Crippen LogP contribution in [0.2, 0.25) is 0 Å². The second-order valence-corrected chi connectivity index (χ2v) is 25.8. The van der Waals surface area contributed by atoms with Gasteiger partial charge in [-0.3, -0.25) is 4.57 Å². The maximum Gasteiger partial charge on any atom is 0.137 e. The number of pyridine rings is 1. The van der Waals surface area contributed by atoms with E-state index >= 15 is 0 Å². The van der Waals surface area contributed by atoms with Gasteiger partial charge in [-0.15, -0.1) is 0 Å². The molecule has 0 bridgehead atoms. The fraction of sp³-hybridized carbons (Fsp3) is 0.134. The Balaban J connectivity index is 0.805. The molecule has 1 aliphatic carbocycles. The van der Waals surface area contributed by atoms with E-state index in [0.717, 1.165) is 101 Å². The summed E-state index contributed by atoms with van der Waals surface area (Å²) in [5, 5.41) is 2.17. The zero-order chi connectivity index (χ0) is 62.1. The minimum atomic E-state index is -2.21. The summed E-state index contributed by atoms with van der Waals surface area (Å²) in [7, 11) is 0. The van der Waals surface area contributed by atoms with Crippen molar-refractivity contribution in [2.75, 3.05) is 16.5 Å². The van der Waals surface area contributed by atoms with Crippen molar-refractivity contribution in [1.29, 1.82) is 0 Å². The van der Waals surface area contributed by atoms with Gasteiger partial charge in [0.2, 0.25) is 0 Å². The Morgan fingerprint density at radius 1 is 0.443 bits per heavy atom. The van der Waals surface area contributed by atoms with Gasteiger partial charge in [-0.25, -0.2) is 4.98 Å². The van der Waals surface area contributed by atoms with E-state index in [1.54, 1.807) is 18.2 Å². The fourth-order valence-corrected chi connectivity index (χ4v) is 14.1. The number of anilines is 4. The molecule has 0 saturated heterocycles. The van der Waals surface area contributed by atoms with Crippen LogP contribution in [0.1, 0.15) is 84.6 Å². The summed E-state index contributed by atoms with van der Waals surface area (Å²) in [4.78, 5) is 9.94. The Bertz CT molecular complexity index is 5010. The van der Waals surface area contributed by atoms with Crippen molar-refractivity contribution in [3.63, 3.8) is 0 Å². The molecule has 3 aliphatic rings. The van der Waals surface area contributed by atoms with Crippen molar-refractivity contribution in [3.8, 4) is 73.3 Å². The highest BCUT2D eigenvalue weighted by atomic mass is 16.5. The molecule has 0 radical (unpaired) electrons. The van der Waals surface area contributed by atoms with E-state index in [1.807, 2.05) is 42.6 Å². The van der Waals surface area contributed by atoms with Gasteiger partial charge >= 0.3 is 0 Å². The van der Waals surface area contributed by atoms with Crippen LogP contribution in [-0.4, -0.2) is 16.2 Å². The lowest BCUT2D eigenvalue weighted by Crippen LogP contribution is -2.32. The third kappa shape index (κ3) is 8.48. The van der Waals surface area contributed by atoms with Gasteiger partial charge in [0.25, 0.3) is 0 Å². The molecule has 0 saturated carbocycles. The molecule has 2 aliphatic heterocycles. The molecule has 0 unspecified atom stereocenters. The minimum absolute atomic E-state index is 0.100. The first kappa shape index (κ1) is 49.8. The monoisotopic (exact) mass is 1140 g/mol. The number of fused-ring (bicyclic) bond motifs is 13. The number of para-hydroxylation sites is 6. The molecule has 2 aromatic heterocycles. The fourth-order valence-electron chi connectivity index (χ4n) is 14.1. The van der Waals surface area contributed by atoms with Crippen molar-refractivity contribution < 1.29 is 13.6 Å². The standard InChI is InChI=1S/C82H66N4O2/c1-52-21-18-22-53(43-52)55-38-42-78(83-50-55)86-72-32-13-9-26-65(72)66-40-39-61(49-75(66)86)87-60-24-19-23-59(48-60)84-51-85(74-34-15-14-33-73(74)84)79-62(27-20-28-63(79)56-44-57(80(2,3)4)47-58(45-56)81(5,6)7)54-37-41-69-67(46-54)64-25-8-10-29-68(64)82(69)70-30-11-16-35-76(70)88-77-36-17-12-31-71(77)82/h8-50H,51H2,1-7H3/i1D3. The first-order valence-corrected chi connectivity index (χ1v) is 30.4. The SMILES string of the molecule is [2H]C([2H])([2H])c1cccc(-c2ccc(-n3c4ccccc4c4ccc(Oc5cccc(N6CN(c7c(-c8cc(C(C)(C)C)cc(C(C)(C)C)c8)cccc7-c7ccc8c(c7)-c7ccccc7C87c8ccccc8Oc8ccccc87)c7ccccc76)c5)cc43)nc2)c1. The average Bonchev–Trinajstić information content (AvgIpc) is 1.56. The highest BCUT2D eigenvalue weighted by Crippen LogP contribution is 2.63. The van der Waals surface area contributed by atoms with Gasteiger partial charge in [0.05, 0.1) is 33.5 Å². The number of hydrogen-bond donors (Lipinski definition) is 0. The zero-order valence-corrected chi connectivity index (χ0v) is 50.1. The van der Waals surface area contributed by atoms with Crippen LogP contribution >= 0.6 is 0 Å². The van der Waals surface area contributed by atoms with Crippen LogP contribution in [-0.2, 0) is 16.2 Å². The smallest absolute Gasteiger partial charge is 0.137 e. The molecule has 0 atom stereocenters. The number of rotatable bonds is 8. The van der Waals surface area contributed by atoms with Crippen molar-refractivity contribution >= 4 is 44.6 Å². The summed E-state index contributed by atoms with van der Waals surface area (Å²) in [6.45, 7) is 12.2. The van der Waals surface area contributed by atoms with Gasteiger partial charge < -0.3 is 19.3 Å². The zero-order valence-electron chi connectivity index (χ0n) is 53.1. The largest absolute Gasteiger partial charge is 0.457 e. The molecule has 16 rings (SSSR count). The number of aryl methyl sites for hydroxylation is 1. The summed E-state index contributed by atoms with van der Waals surface area (Å²) in [6.07, 6.45) is 1.82. The topological polar surface area (TPSA) is 42.8 Å². The maximum absolute atomic E-state index is 7.99. The Hall–Kier alpha value is -10.4. The number of aromatic nitrogens is 2. The average molecular weight is 1140 g/mol. The van der Waals surface area contributed by atoms with Gasteiger partial charge in [-0.05, 0) is 141 Å². The van der Waals surface area contributed by atoms with Crippen LogP contribution in [0.5, 0.6) is 23.0 Å². The van der Waals surface area contributed by atoms with Crippen LogP contribution in [0.25, 0.3) is 72.1 Å². The van der Waals surface area contributed by atoms with E-state index < -0.39 is 12.3 Å². The van der Waals surface area contributed by atoms with Crippen LogP contribution in [0, 0.1) is 6.85 Å². The number of ether oxygens (including phenoxy) is 2. The van der Waals surface area contributed by atoms with Crippen LogP contribution in [0.3, 0.4) is 0 Å². The van der Waals surface area contributed by atoms with Gasteiger partial charge in [-0.2, -0.15) is 0 Å². The van der Waals surface area contributed by atoms with E-state index in [-0.39, 0.29) is 10.8 Å². The quantitative estimate of drug-likeness (QED) is 0.152. The van der Waals surface area contributed by atoms with E-state index in [2.05, 4.69) is 256 Å². The second kappa shape index (κ2) is 20.1. The Kier molecular flexibility index (Phi) is 11.4. The van der Waals surface area contributed by atoms with Gasteiger partial charge in [-0.1, -0.05) is 217 Å². The Labute approximate surface area is 519 Å². The molecule has 11 aromatic carbocycles. The minimum Gasteiger partial charge on any atom is -0.457 e. The van der Waals surface area contributed by atoms with Crippen molar-refractivity contribution in [3.05, 3.63) is 300 Å². The molecule has 13 aromatic rings. The summed E-state index contributed by atoms with van der Waals surface area (Å²) < 4.78 is 39.8. The van der Waals surface area contributed by atoms with Crippen molar-refractivity contribution in [2.24, 2.45) is 0 Å². The number of benzene rings is 11. The Morgan fingerprint density at radius 2 is 1.06 bits per heavy atom. The summed E-state index contributed by atoms with van der Waals surface area (Å²) in [6, 6.07) is 90.4. The highest BCUT2D eigenvalue weighted by molar-refractivity contribution is 6.09. The lowest BCUT2D eigenvalue weighted by atomic mass is 9.66. The van der Waals surface area contributed by atoms with Gasteiger partial charge in [0.15, 0.2) is 0 Å². The summed E-state index contributed by atoms with van der Waals surface area (Å²) in [5.74, 6) is 3.89. The molecular weight excluding hydrogens is 1070 g/mol. The molecule has 426 valence electrons. The highest BCUT2D eigenvalue weighted by Gasteiger charge is 2.51. The van der Waals surface area contributed by atoms with Crippen LogP contribution in [0.4, 0.5) is 22.7 Å². The molecule has 1 spiro atoms. The Morgan fingerprint density at radius 3 is 1.80 bits per heavy atom. The molecule has 0 fully saturated rings. The molecule has 4 heterocycles. The maximum atomic E-state index is 7.99. The number of nitrogens with zero attached hydrogens (tertiary/aromatic N) is 4. The third-order valence-corrected chi connectivity index (χ3v) is 18.4. The third-order valence-electron chi connectivity index (χ3n) is 18.4. The van der Waals surface area contributed by atoms with Gasteiger partial charge in [0.1, 0.15) is 35.5 Å². The van der Waals surface area contributed by atoms with E-state index in [4.69, 9.17) is 18.6 Å². The van der Waals surface area contributed by atoms with Crippen LogP contribution < -0.4 is 19.3 Å². The van der Waals surface area contributed by atoms with E-state index in [1.165, 1.54) is 38.9 Å². The predicted molar refractivity (Wildman–Crippen MR) is 363 cm³/mol. The van der Waals surface area contributed by atoms with Gasteiger partial charge in [0, 0.05) is 66.7 Å².